The van der Waals surface area contributed by atoms with Gasteiger partial charge in [-0.25, -0.2) is 4.98 Å². The van der Waals surface area contributed by atoms with Crippen LogP contribution in [0.25, 0.3) is 11.3 Å². The van der Waals surface area contributed by atoms with Gasteiger partial charge in [0.1, 0.15) is 5.82 Å². The molecule has 0 spiro atoms. The molecule has 0 saturated heterocycles. The average Bonchev–Trinajstić information content (AvgIpc) is 2.77. The molecule has 0 aliphatic carbocycles. The van der Waals surface area contributed by atoms with Crippen LogP contribution in [0, 0.1) is 6.92 Å². The minimum absolute atomic E-state index is 0.163. The van der Waals surface area contributed by atoms with Gasteiger partial charge in [0.05, 0.1) is 18.4 Å². The Morgan fingerprint density at radius 1 is 1.26 bits per heavy atom. The molecule has 3 heteroatoms. The number of H-pyrrole nitrogens is 1. The Hall–Kier alpha value is -1.61. The van der Waals surface area contributed by atoms with Crippen molar-refractivity contribution < 1.29 is 0 Å². The molecule has 3 nitrogen and oxygen atoms in total. The van der Waals surface area contributed by atoms with Crippen LogP contribution in [0.4, 0.5) is 0 Å². The number of aromatic nitrogens is 2. The predicted molar refractivity (Wildman–Crippen MR) is 80.2 cm³/mol. The second-order valence-corrected chi connectivity index (χ2v) is 6.05. The van der Waals surface area contributed by atoms with E-state index in [-0.39, 0.29) is 5.41 Å². The second kappa shape index (κ2) is 5.17. The van der Waals surface area contributed by atoms with Gasteiger partial charge in [0.15, 0.2) is 0 Å². The van der Waals surface area contributed by atoms with Crippen LogP contribution >= 0.6 is 0 Å². The van der Waals surface area contributed by atoms with Gasteiger partial charge in [-0.15, -0.1) is 0 Å². The standard InChI is InChI=1S/C16H23N3/c1-11-6-7-12(16(2,3)4)8-13(11)14-9-18-15(19-14)10-17-5/h6-9,17H,10H2,1-5H3,(H,18,19). The second-order valence-electron chi connectivity index (χ2n) is 6.05. The van der Waals surface area contributed by atoms with Crippen LogP contribution in [0.3, 0.4) is 0 Å². The fourth-order valence-corrected chi connectivity index (χ4v) is 2.14. The SMILES string of the molecule is CNCc1ncc(-c2cc(C(C)(C)C)ccc2C)[nH]1. The molecule has 2 aromatic rings. The molecule has 1 aromatic heterocycles. The number of hydrogen-bond acceptors (Lipinski definition) is 2. The topological polar surface area (TPSA) is 40.7 Å². The van der Waals surface area contributed by atoms with Crippen molar-refractivity contribution in [2.75, 3.05) is 7.05 Å². The molecule has 0 aliphatic heterocycles. The Labute approximate surface area is 115 Å². The van der Waals surface area contributed by atoms with Crippen LogP contribution in [0.5, 0.6) is 0 Å². The van der Waals surface area contributed by atoms with Crippen molar-refractivity contribution in [1.82, 2.24) is 15.3 Å². The van der Waals surface area contributed by atoms with E-state index in [0.717, 1.165) is 18.1 Å². The Bertz CT molecular complexity index is 562. The highest BCUT2D eigenvalue weighted by molar-refractivity contribution is 5.64. The van der Waals surface area contributed by atoms with Crippen LogP contribution in [0.1, 0.15) is 37.7 Å². The van der Waals surface area contributed by atoms with E-state index in [1.54, 1.807) is 0 Å². The van der Waals surface area contributed by atoms with Crippen LogP contribution in [-0.4, -0.2) is 17.0 Å². The molecule has 0 aliphatic rings. The maximum Gasteiger partial charge on any atom is 0.120 e. The first-order valence-corrected chi connectivity index (χ1v) is 6.72. The predicted octanol–water partition coefficient (Wildman–Crippen LogP) is 3.40. The molecule has 0 saturated carbocycles. The quantitative estimate of drug-likeness (QED) is 0.884. The molecule has 19 heavy (non-hydrogen) atoms. The molecule has 0 atom stereocenters. The van der Waals surface area contributed by atoms with Crippen LogP contribution < -0.4 is 5.32 Å². The van der Waals surface area contributed by atoms with Crippen molar-refractivity contribution in [1.29, 1.82) is 0 Å². The lowest BCUT2D eigenvalue weighted by Gasteiger charge is -2.20. The fraction of sp³-hybridized carbons (Fsp3) is 0.438. The minimum atomic E-state index is 0.163. The summed E-state index contributed by atoms with van der Waals surface area (Å²) in [4.78, 5) is 7.77. The van der Waals surface area contributed by atoms with E-state index in [0.29, 0.717) is 0 Å². The van der Waals surface area contributed by atoms with Crippen molar-refractivity contribution >= 4 is 0 Å². The first-order valence-electron chi connectivity index (χ1n) is 6.72. The summed E-state index contributed by atoms with van der Waals surface area (Å²) < 4.78 is 0. The molecule has 2 N–H and O–H groups in total. The maximum absolute atomic E-state index is 4.40. The first kappa shape index (κ1) is 13.8. The van der Waals surface area contributed by atoms with Gasteiger partial charge in [-0.3, -0.25) is 0 Å². The Balaban J connectivity index is 2.42. The molecule has 0 fully saturated rings. The monoisotopic (exact) mass is 257 g/mol. The Morgan fingerprint density at radius 3 is 2.63 bits per heavy atom. The van der Waals surface area contributed by atoms with Gasteiger partial charge >= 0.3 is 0 Å². The lowest BCUT2D eigenvalue weighted by atomic mass is 9.85. The summed E-state index contributed by atoms with van der Waals surface area (Å²) in [5.74, 6) is 0.970. The van der Waals surface area contributed by atoms with Gasteiger partial charge in [0.2, 0.25) is 0 Å². The summed E-state index contributed by atoms with van der Waals surface area (Å²) in [5, 5.41) is 3.11. The van der Waals surface area contributed by atoms with E-state index >= 15 is 0 Å². The third-order valence-electron chi connectivity index (χ3n) is 3.37. The van der Waals surface area contributed by atoms with Crippen molar-refractivity contribution in [3.8, 4) is 11.3 Å². The van der Waals surface area contributed by atoms with Crippen molar-refractivity contribution in [2.24, 2.45) is 0 Å². The normalized spacial score (nSPS) is 11.8. The van der Waals surface area contributed by atoms with E-state index in [2.05, 4.69) is 61.2 Å². The molecular formula is C16H23N3. The number of nitrogens with one attached hydrogen (secondary N) is 2. The maximum atomic E-state index is 4.40. The summed E-state index contributed by atoms with van der Waals surface area (Å²) in [5.41, 5.74) is 5.11. The number of nitrogens with zero attached hydrogens (tertiary/aromatic N) is 1. The number of aromatic amines is 1. The van der Waals surface area contributed by atoms with Crippen LogP contribution in [0.15, 0.2) is 24.4 Å². The molecule has 102 valence electrons. The lowest BCUT2D eigenvalue weighted by molar-refractivity contribution is 0.590. The van der Waals surface area contributed by atoms with Gasteiger partial charge in [0, 0.05) is 5.56 Å². The van der Waals surface area contributed by atoms with E-state index in [9.17, 15) is 0 Å². The van der Waals surface area contributed by atoms with Gasteiger partial charge in [0.25, 0.3) is 0 Å². The smallest absolute Gasteiger partial charge is 0.120 e. The van der Waals surface area contributed by atoms with E-state index in [1.165, 1.54) is 16.7 Å². The molecule has 0 bridgehead atoms. The van der Waals surface area contributed by atoms with Gasteiger partial charge in [-0.2, -0.15) is 0 Å². The first-order chi connectivity index (χ1) is 8.91. The van der Waals surface area contributed by atoms with Crippen LogP contribution in [-0.2, 0) is 12.0 Å². The van der Waals surface area contributed by atoms with E-state index in [1.807, 2.05) is 13.2 Å². The Morgan fingerprint density at radius 2 is 2.00 bits per heavy atom. The van der Waals surface area contributed by atoms with Crippen molar-refractivity contribution in [3.05, 3.63) is 41.3 Å². The zero-order valence-corrected chi connectivity index (χ0v) is 12.5. The molecule has 0 unspecified atom stereocenters. The summed E-state index contributed by atoms with van der Waals surface area (Å²) >= 11 is 0. The molecular weight excluding hydrogens is 234 g/mol. The molecule has 0 radical (unpaired) electrons. The highest BCUT2D eigenvalue weighted by Crippen LogP contribution is 2.29. The molecule has 0 amide bonds. The fourth-order valence-electron chi connectivity index (χ4n) is 2.14. The number of aryl methyl sites for hydroxylation is 1. The lowest BCUT2D eigenvalue weighted by Crippen LogP contribution is -2.11. The number of hydrogen-bond donors (Lipinski definition) is 2. The minimum Gasteiger partial charge on any atom is -0.341 e. The molecule has 1 aromatic carbocycles. The average molecular weight is 257 g/mol. The van der Waals surface area contributed by atoms with Gasteiger partial charge in [-0.1, -0.05) is 32.9 Å². The Kier molecular flexibility index (Phi) is 3.76. The highest BCUT2D eigenvalue weighted by Gasteiger charge is 2.16. The summed E-state index contributed by atoms with van der Waals surface area (Å²) in [6.07, 6.45) is 1.92. The summed E-state index contributed by atoms with van der Waals surface area (Å²) in [7, 11) is 1.92. The van der Waals surface area contributed by atoms with Gasteiger partial charge in [-0.05, 0) is 36.6 Å². The largest absolute Gasteiger partial charge is 0.341 e. The van der Waals surface area contributed by atoms with Crippen molar-refractivity contribution in [3.63, 3.8) is 0 Å². The summed E-state index contributed by atoms with van der Waals surface area (Å²) in [6, 6.07) is 6.67. The van der Waals surface area contributed by atoms with Crippen LogP contribution in [0.2, 0.25) is 0 Å². The van der Waals surface area contributed by atoms with Crippen molar-refractivity contribution in [2.45, 2.75) is 39.7 Å². The summed E-state index contributed by atoms with van der Waals surface area (Å²) in [6.45, 7) is 9.61. The number of rotatable bonds is 3. The third kappa shape index (κ3) is 3.04. The van der Waals surface area contributed by atoms with E-state index < -0.39 is 0 Å². The molecule has 2 rings (SSSR count). The zero-order chi connectivity index (χ0) is 14.0. The third-order valence-corrected chi connectivity index (χ3v) is 3.37. The number of imidazole rings is 1. The molecule has 1 heterocycles. The highest BCUT2D eigenvalue weighted by atomic mass is 15.0. The van der Waals surface area contributed by atoms with Gasteiger partial charge < -0.3 is 10.3 Å². The number of benzene rings is 1. The zero-order valence-electron chi connectivity index (χ0n) is 12.5. The van der Waals surface area contributed by atoms with E-state index in [4.69, 9.17) is 0 Å².